The number of benzene rings is 1. The minimum absolute atomic E-state index is 0.00164. The van der Waals surface area contributed by atoms with Gasteiger partial charge in [-0.3, -0.25) is 4.52 Å². The van der Waals surface area contributed by atoms with Gasteiger partial charge >= 0.3 is 5.88 Å². The third-order valence-electron chi connectivity index (χ3n) is 5.39. The van der Waals surface area contributed by atoms with Crippen LogP contribution in [0.5, 0.6) is 0 Å². The minimum Gasteiger partial charge on any atom is -0.861 e. The zero-order valence-corrected chi connectivity index (χ0v) is 19.4. The summed E-state index contributed by atoms with van der Waals surface area (Å²) in [5.41, 5.74) is 8.47. The van der Waals surface area contributed by atoms with Gasteiger partial charge in [0.1, 0.15) is 28.5 Å². The highest BCUT2D eigenvalue weighted by atomic mass is 32.2. The quantitative estimate of drug-likeness (QED) is 0.244. The summed E-state index contributed by atoms with van der Waals surface area (Å²) in [4.78, 5) is 9.75. The molecular formula is C23H22N8O2S. The molecule has 1 saturated heterocycles. The largest absolute Gasteiger partial charge is 0.861 e. The van der Waals surface area contributed by atoms with Crippen LogP contribution in [0.2, 0.25) is 0 Å². The summed E-state index contributed by atoms with van der Waals surface area (Å²) in [6.07, 6.45) is 4.91. The van der Waals surface area contributed by atoms with Crippen molar-refractivity contribution >= 4 is 29.4 Å². The third kappa shape index (κ3) is 4.95. The van der Waals surface area contributed by atoms with Gasteiger partial charge in [-0.15, -0.1) is 0 Å². The van der Waals surface area contributed by atoms with E-state index in [0.29, 0.717) is 11.1 Å². The van der Waals surface area contributed by atoms with E-state index < -0.39 is 5.90 Å². The lowest BCUT2D eigenvalue weighted by Crippen LogP contribution is -2.60. The molecular weight excluding hydrogens is 452 g/mol. The molecule has 2 aromatic heterocycles. The van der Waals surface area contributed by atoms with Crippen molar-refractivity contribution in [3.8, 4) is 23.3 Å². The van der Waals surface area contributed by atoms with Crippen molar-refractivity contribution in [2.45, 2.75) is 31.2 Å². The van der Waals surface area contributed by atoms with Crippen LogP contribution in [0.3, 0.4) is 0 Å². The van der Waals surface area contributed by atoms with Gasteiger partial charge in [-0.25, -0.2) is 9.98 Å². The Kier molecular flexibility index (Phi) is 6.95. The maximum Gasteiger partial charge on any atom is 0.324 e. The number of aryl methyl sites for hydroxylation is 1. The van der Waals surface area contributed by atoms with Gasteiger partial charge in [0.25, 0.3) is 6.20 Å². The number of anilines is 1. The van der Waals surface area contributed by atoms with E-state index >= 15 is 0 Å². The number of thioether (sulfide) groups is 1. The summed E-state index contributed by atoms with van der Waals surface area (Å²) in [6.45, 7) is 3.68. The monoisotopic (exact) mass is 474 g/mol. The number of pyridine rings is 1. The van der Waals surface area contributed by atoms with Gasteiger partial charge in [0.2, 0.25) is 5.27 Å². The van der Waals surface area contributed by atoms with E-state index in [1.807, 2.05) is 42.3 Å². The van der Waals surface area contributed by atoms with E-state index in [1.54, 1.807) is 11.0 Å². The molecule has 3 aromatic rings. The number of nitrogens with zero attached hydrogens (tertiary/aromatic N) is 7. The predicted octanol–water partition coefficient (Wildman–Crippen LogP) is 1.96. The van der Waals surface area contributed by atoms with Crippen LogP contribution < -0.4 is 20.6 Å². The second-order valence-corrected chi connectivity index (χ2v) is 8.75. The second-order valence-electron chi connectivity index (χ2n) is 7.79. The van der Waals surface area contributed by atoms with E-state index in [9.17, 15) is 15.6 Å². The summed E-state index contributed by atoms with van der Waals surface area (Å²) >= 11 is 1.03. The molecule has 0 aliphatic carbocycles. The first-order chi connectivity index (χ1) is 16.5. The zero-order chi connectivity index (χ0) is 24.1. The summed E-state index contributed by atoms with van der Waals surface area (Å²) in [7, 11) is 0. The van der Waals surface area contributed by atoms with Gasteiger partial charge in [0, 0.05) is 11.3 Å². The molecule has 1 aliphatic heterocycles. The van der Waals surface area contributed by atoms with Gasteiger partial charge in [-0.2, -0.15) is 15.5 Å². The third-order valence-corrected chi connectivity index (χ3v) is 6.35. The molecule has 4 rings (SSSR count). The van der Waals surface area contributed by atoms with Gasteiger partial charge in [0.15, 0.2) is 0 Å². The molecule has 0 radical (unpaired) electrons. The zero-order valence-electron chi connectivity index (χ0n) is 18.6. The van der Waals surface area contributed by atoms with E-state index in [1.165, 1.54) is 6.42 Å². The van der Waals surface area contributed by atoms with Crippen molar-refractivity contribution in [3.05, 3.63) is 47.2 Å². The van der Waals surface area contributed by atoms with Crippen molar-refractivity contribution in [2.75, 3.05) is 29.6 Å². The van der Waals surface area contributed by atoms with E-state index in [-0.39, 0.29) is 33.6 Å². The Labute approximate surface area is 200 Å². The van der Waals surface area contributed by atoms with Gasteiger partial charge < -0.3 is 10.8 Å². The maximum atomic E-state index is 12.5. The SMILES string of the molecule is Cc1ccc(-c2c(C#N)c(N)nc(SC/C([O-])=N\c3c[n+](N4CCCCC4)no3)c2C#N)cc1. The Morgan fingerprint density at radius 3 is 2.59 bits per heavy atom. The molecule has 3 heterocycles. The first-order valence-electron chi connectivity index (χ1n) is 10.7. The van der Waals surface area contributed by atoms with Crippen molar-refractivity contribution in [2.24, 2.45) is 4.99 Å². The van der Waals surface area contributed by atoms with Crippen molar-refractivity contribution in [1.29, 1.82) is 10.5 Å². The van der Waals surface area contributed by atoms with Crippen LogP contribution in [-0.2, 0) is 0 Å². The molecule has 0 amide bonds. The topological polar surface area (TPSA) is 155 Å². The van der Waals surface area contributed by atoms with Crippen molar-refractivity contribution < 1.29 is 14.4 Å². The number of nitrogens with two attached hydrogens (primary N) is 1. The van der Waals surface area contributed by atoms with E-state index in [4.69, 9.17) is 10.3 Å². The van der Waals surface area contributed by atoms with Crippen LogP contribution in [0.4, 0.5) is 11.7 Å². The van der Waals surface area contributed by atoms with Gasteiger partial charge in [0.05, 0.1) is 23.4 Å². The van der Waals surface area contributed by atoms with Crippen molar-refractivity contribution in [3.63, 3.8) is 0 Å². The fourth-order valence-electron chi connectivity index (χ4n) is 3.69. The molecule has 11 heteroatoms. The number of hydrogen-bond donors (Lipinski definition) is 1. The molecule has 1 fully saturated rings. The van der Waals surface area contributed by atoms with E-state index in [0.717, 1.165) is 43.3 Å². The molecule has 34 heavy (non-hydrogen) atoms. The Bertz CT molecular complexity index is 1300. The standard InChI is InChI=1S/C23H22N8O2S/c1-15-5-7-16(8-6-15)21-17(11-24)22(26)28-23(18(21)12-25)34-14-19(32)27-20-13-31(29-33-20)30-9-3-2-4-10-30/h5-8,13H,2-4,9-10,14H2,1H3,(H2-,26,27,28,29,32). The molecule has 0 atom stereocenters. The number of rotatable bonds is 6. The van der Waals surface area contributed by atoms with Gasteiger partial charge in [-0.1, -0.05) is 41.6 Å². The van der Waals surface area contributed by atoms with E-state index in [2.05, 4.69) is 21.3 Å². The summed E-state index contributed by atoms with van der Waals surface area (Å²) in [5.74, 6) is -0.464. The van der Waals surface area contributed by atoms with Crippen LogP contribution in [-0.4, -0.2) is 35.0 Å². The summed E-state index contributed by atoms with van der Waals surface area (Å²) in [5, 5.41) is 38.2. The number of hydrogen-bond acceptors (Lipinski definition) is 10. The first kappa shape index (κ1) is 23.1. The molecule has 1 aliphatic rings. The fraction of sp³-hybridized carbons (Fsp3) is 0.304. The smallest absolute Gasteiger partial charge is 0.324 e. The predicted molar refractivity (Wildman–Crippen MR) is 125 cm³/mol. The Morgan fingerprint density at radius 2 is 1.91 bits per heavy atom. The molecule has 172 valence electrons. The first-order valence-corrected chi connectivity index (χ1v) is 11.7. The lowest BCUT2D eigenvalue weighted by molar-refractivity contribution is -0.759. The van der Waals surface area contributed by atoms with Crippen LogP contribution in [0, 0.1) is 29.6 Å². The maximum absolute atomic E-state index is 12.5. The lowest BCUT2D eigenvalue weighted by atomic mass is 9.96. The highest BCUT2D eigenvalue weighted by Crippen LogP contribution is 2.35. The van der Waals surface area contributed by atoms with Crippen LogP contribution in [0.25, 0.3) is 11.1 Å². The average Bonchev–Trinajstić information content (AvgIpc) is 3.31. The minimum atomic E-state index is -0.475. The van der Waals surface area contributed by atoms with Gasteiger partial charge in [-0.05, 0) is 37.6 Å². The number of nitriles is 2. The molecule has 2 N–H and O–H groups in total. The fourth-order valence-corrected chi connectivity index (χ4v) is 4.47. The Balaban J connectivity index is 1.57. The highest BCUT2D eigenvalue weighted by molar-refractivity contribution is 8.00. The second kappa shape index (κ2) is 10.2. The summed E-state index contributed by atoms with van der Waals surface area (Å²) < 4.78 is 5.17. The number of aliphatic imine (C=N–C) groups is 1. The van der Waals surface area contributed by atoms with Crippen LogP contribution >= 0.6 is 11.8 Å². The number of piperidine rings is 1. The summed E-state index contributed by atoms with van der Waals surface area (Å²) in [6, 6.07) is 11.6. The lowest BCUT2D eigenvalue weighted by Gasteiger charge is -2.17. The normalized spacial score (nSPS) is 14.0. The average molecular weight is 475 g/mol. The van der Waals surface area contributed by atoms with Crippen LogP contribution in [0.1, 0.15) is 36.0 Å². The Hall–Kier alpha value is -4.09. The van der Waals surface area contributed by atoms with Crippen molar-refractivity contribution in [1.82, 2.24) is 10.3 Å². The Morgan fingerprint density at radius 1 is 1.21 bits per heavy atom. The molecule has 1 aromatic carbocycles. The highest BCUT2D eigenvalue weighted by Gasteiger charge is 2.23. The molecule has 0 unspecified atom stereocenters. The number of aromatic nitrogens is 3. The number of nitrogen functional groups attached to an aromatic ring is 1. The molecule has 0 saturated carbocycles. The molecule has 10 nitrogen and oxygen atoms in total. The molecule has 0 bridgehead atoms. The molecule has 0 spiro atoms. The van der Waals surface area contributed by atoms with Crippen LogP contribution in [0.15, 0.2) is 45.0 Å².